The first kappa shape index (κ1) is 10.2. The van der Waals surface area contributed by atoms with Crippen molar-refractivity contribution in [3.05, 3.63) is 33.9 Å². The number of halogens is 1. The Balaban J connectivity index is 2.60. The van der Waals surface area contributed by atoms with E-state index in [0.717, 1.165) is 15.6 Å². The van der Waals surface area contributed by atoms with Crippen LogP contribution in [0.2, 0.25) is 0 Å². The Bertz CT molecular complexity index is 482. The minimum Gasteiger partial charge on any atom is -0.367 e. The Labute approximate surface area is 96.4 Å². The van der Waals surface area contributed by atoms with Crippen LogP contribution in [-0.4, -0.2) is 5.16 Å². The van der Waals surface area contributed by atoms with Gasteiger partial charge in [0, 0.05) is 4.47 Å². The predicted molar refractivity (Wildman–Crippen MR) is 63.5 cm³/mol. The maximum Gasteiger partial charge on any atom is 0.229 e. The molecule has 1 heterocycles. The highest BCUT2D eigenvalue weighted by Crippen LogP contribution is 2.31. The largest absolute Gasteiger partial charge is 0.367 e. The first-order chi connectivity index (χ1) is 7.09. The van der Waals surface area contributed by atoms with Gasteiger partial charge < -0.3 is 10.3 Å². The van der Waals surface area contributed by atoms with Gasteiger partial charge >= 0.3 is 0 Å². The second-order valence-electron chi connectivity index (χ2n) is 3.50. The molecule has 0 unspecified atom stereocenters. The lowest BCUT2D eigenvalue weighted by molar-refractivity contribution is 0.436. The van der Waals surface area contributed by atoms with Crippen LogP contribution in [0, 0.1) is 13.8 Å². The molecule has 2 aromatic rings. The van der Waals surface area contributed by atoms with Gasteiger partial charge in [0.15, 0.2) is 0 Å². The summed E-state index contributed by atoms with van der Waals surface area (Å²) in [5, 5.41) is 3.66. The number of nitrogens with zero attached hydrogens (tertiary/aromatic N) is 1. The molecule has 1 aromatic heterocycles. The number of aromatic nitrogens is 1. The molecule has 2 N–H and O–H groups in total. The Morgan fingerprint density at radius 3 is 2.60 bits per heavy atom. The first-order valence-corrected chi connectivity index (χ1v) is 5.36. The fraction of sp³-hybridized carbons (Fsp3) is 0.182. The van der Waals surface area contributed by atoms with Crippen LogP contribution in [0.15, 0.2) is 27.3 Å². The van der Waals surface area contributed by atoms with E-state index in [1.807, 2.05) is 6.07 Å². The third-order valence-electron chi connectivity index (χ3n) is 2.51. The highest BCUT2D eigenvalue weighted by molar-refractivity contribution is 9.10. The molecule has 0 fully saturated rings. The third-order valence-corrected chi connectivity index (χ3v) is 3.34. The van der Waals surface area contributed by atoms with E-state index in [1.54, 1.807) is 6.20 Å². The van der Waals surface area contributed by atoms with Gasteiger partial charge in [-0.2, -0.15) is 0 Å². The molecule has 0 radical (unpaired) electrons. The molecule has 0 aliphatic carbocycles. The fourth-order valence-corrected chi connectivity index (χ4v) is 2.00. The second-order valence-corrected chi connectivity index (χ2v) is 4.36. The summed E-state index contributed by atoms with van der Waals surface area (Å²) in [7, 11) is 0. The van der Waals surface area contributed by atoms with Gasteiger partial charge in [0.05, 0.1) is 11.8 Å². The number of anilines is 1. The SMILES string of the molecule is Cc1cc(-c2cnoc2N)cc(Br)c1C. The molecule has 0 spiro atoms. The van der Waals surface area contributed by atoms with Crippen LogP contribution >= 0.6 is 15.9 Å². The van der Waals surface area contributed by atoms with Crippen molar-refractivity contribution in [3.63, 3.8) is 0 Å². The minimum atomic E-state index is 0.352. The molecule has 0 atom stereocenters. The summed E-state index contributed by atoms with van der Waals surface area (Å²) in [5.41, 5.74) is 9.95. The third kappa shape index (κ3) is 1.77. The molecule has 1 aromatic carbocycles. The molecule has 78 valence electrons. The van der Waals surface area contributed by atoms with E-state index in [0.29, 0.717) is 5.88 Å². The van der Waals surface area contributed by atoms with Crippen molar-refractivity contribution in [3.8, 4) is 11.1 Å². The summed E-state index contributed by atoms with van der Waals surface area (Å²) in [6.45, 7) is 4.13. The van der Waals surface area contributed by atoms with E-state index in [9.17, 15) is 0 Å². The van der Waals surface area contributed by atoms with Crippen LogP contribution in [0.1, 0.15) is 11.1 Å². The first-order valence-electron chi connectivity index (χ1n) is 4.57. The average Bonchev–Trinajstić information content (AvgIpc) is 2.60. The monoisotopic (exact) mass is 266 g/mol. The Hall–Kier alpha value is -1.29. The fourth-order valence-electron chi connectivity index (χ4n) is 1.44. The number of nitrogens with two attached hydrogens (primary N) is 1. The number of hydrogen-bond donors (Lipinski definition) is 1. The number of benzene rings is 1. The zero-order valence-corrected chi connectivity index (χ0v) is 10.1. The molecule has 0 aliphatic rings. The highest BCUT2D eigenvalue weighted by Gasteiger charge is 2.09. The molecule has 0 bridgehead atoms. The average molecular weight is 267 g/mol. The van der Waals surface area contributed by atoms with Crippen LogP contribution in [-0.2, 0) is 0 Å². The summed E-state index contributed by atoms with van der Waals surface area (Å²) < 4.78 is 5.91. The lowest BCUT2D eigenvalue weighted by Gasteiger charge is -2.06. The molecule has 2 rings (SSSR count). The van der Waals surface area contributed by atoms with Gasteiger partial charge in [-0.15, -0.1) is 0 Å². The van der Waals surface area contributed by atoms with Gasteiger partial charge in [0.1, 0.15) is 0 Å². The van der Waals surface area contributed by atoms with E-state index in [1.165, 1.54) is 11.1 Å². The number of aryl methyl sites for hydroxylation is 1. The normalized spacial score (nSPS) is 10.6. The maximum atomic E-state index is 5.67. The van der Waals surface area contributed by atoms with Crippen molar-refractivity contribution in [2.24, 2.45) is 0 Å². The molecular formula is C11H11BrN2O. The topological polar surface area (TPSA) is 52.0 Å². The number of rotatable bonds is 1. The molecule has 0 amide bonds. The molecular weight excluding hydrogens is 256 g/mol. The Morgan fingerprint density at radius 2 is 2.07 bits per heavy atom. The van der Waals surface area contributed by atoms with Crippen LogP contribution in [0.3, 0.4) is 0 Å². The Kier molecular flexibility index (Phi) is 2.52. The van der Waals surface area contributed by atoms with Crippen molar-refractivity contribution in [2.75, 3.05) is 5.73 Å². The number of nitrogen functional groups attached to an aromatic ring is 1. The summed E-state index contributed by atoms with van der Waals surface area (Å²) in [4.78, 5) is 0. The molecule has 3 nitrogen and oxygen atoms in total. The highest BCUT2D eigenvalue weighted by atomic mass is 79.9. The summed E-state index contributed by atoms with van der Waals surface area (Å²) in [6, 6.07) is 4.09. The molecule has 0 aliphatic heterocycles. The Morgan fingerprint density at radius 1 is 1.33 bits per heavy atom. The zero-order chi connectivity index (χ0) is 11.0. The van der Waals surface area contributed by atoms with E-state index in [4.69, 9.17) is 10.3 Å². The molecule has 0 saturated heterocycles. The van der Waals surface area contributed by atoms with Crippen molar-refractivity contribution in [1.82, 2.24) is 5.16 Å². The van der Waals surface area contributed by atoms with Crippen LogP contribution in [0.5, 0.6) is 0 Å². The van der Waals surface area contributed by atoms with Gasteiger partial charge in [-0.05, 0) is 36.6 Å². The van der Waals surface area contributed by atoms with Gasteiger partial charge in [0.25, 0.3) is 0 Å². The molecule has 4 heteroatoms. The summed E-state index contributed by atoms with van der Waals surface area (Å²) >= 11 is 3.52. The van der Waals surface area contributed by atoms with Crippen LogP contribution in [0.4, 0.5) is 5.88 Å². The quantitative estimate of drug-likeness (QED) is 0.862. The van der Waals surface area contributed by atoms with E-state index < -0.39 is 0 Å². The lowest BCUT2D eigenvalue weighted by atomic mass is 10.0. The number of hydrogen-bond acceptors (Lipinski definition) is 3. The minimum absolute atomic E-state index is 0.352. The van der Waals surface area contributed by atoms with Crippen LogP contribution in [0.25, 0.3) is 11.1 Å². The predicted octanol–water partition coefficient (Wildman–Crippen LogP) is 3.30. The van der Waals surface area contributed by atoms with Crippen molar-refractivity contribution < 1.29 is 4.52 Å². The second kappa shape index (κ2) is 3.70. The van der Waals surface area contributed by atoms with Crippen molar-refractivity contribution in [2.45, 2.75) is 13.8 Å². The summed E-state index contributed by atoms with van der Waals surface area (Å²) in [5.74, 6) is 0.352. The van der Waals surface area contributed by atoms with Gasteiger partial charge in [0.2, 0.25) is 5.88 Å². The molecule has 15 heavy (non-hydrogen) atoms. The van der Waals surface area contributed by atoms with Crippen molar-refractivity contribution in [1.29, 1.82) is 0 Å². The van der Waals surface area contributed by atoms with Crippen LogP contribution < -0.4 is 5.73 Å². The van der Waals surface area contributed by atoms with E-state index in [-0.39, 0.29) is 0 Å². The van der Waals surface area contributed by atoms with E-state index >= 15 is 0 Å². The lowest BCUT2D eigenvalue weighted by Crippen LogP contribution is -1.88. The van der Waals surface area contributed by atoms with E-state index in [2.05, 4.69) is 41.0 Å². The molecule has 0 saturated carbocycles. The van der Waals surface area contributed by atoms with Gasteiger partial charge in [-0.3, -0.25) is 0 Å². The van der Waals surface area contributed by atoms with Gasteiger partial charge in [-0.1, -0.05) is 27.2 Å². The van der Waals surface area contributed by atoms with Crippen molar-refractivity contribution >= 4 is 21.8 Å². The maximum absolute atomic E-state index is 5.67. The zero-order valence-electron chi connectivity index (χ0n) is 8.54. The smallest absolute Gasteiger partial charge is 0.229 e. The van der Waals surface area contributed by atoms with Gasteiger partial charge in [-0.25, -0.2) is 0 Å². The standard InChI is InChI=1S/C11H11BrN2O/c1-6-3-8(4-10(12)7(6)2)9-5-14-15-11(9)13/h3-5H,13H2,1-2H3. The summed E-state index contributed by atoms with van der Waals surface area (Å²) in [6.07, 6.45) is 1.63.